The van der Waals surface area contributed by atoms with Crippen molar-refractivity contribution in [3.05, 3.63) is 42.0 Å². The summed E-state index contributed by atoms with van der Waals surface area (Å²) in [7, 11) is 0. The molecular weight excluding hydrogens is 144 g/mol. The highest BCUT2D eigenvalue weighted by Gasteiger charge is 2.25. The molecule has 1 aliphatic rings. The minimum Gasteiger partial charge on any atom is -0.0949 e. The van der Waals surface area contributed by atoms with Gasteiger partial charge in [0.2, 0.25) is 0 Å². The molecule has 0 nitrogen and oxygen atoms in total. The van der Waals surface area contributed by atoms with Gasteiger partial charge in [-0.05, 0) is 42.4 Å². The van der Waals surface area contributed by atoms with Gasteiger partial charge in [-0.1, -0.05) is 30.8 Å². The monoisotopic (exact) mass is 158 g/mol. The molecule has 1 fully saturated rings. The molecular formula is C12H14. The molecule has 0 radical (unpaired) electrons. The van der Waals surface area contributed by atoms with Crippen LogP contribution in [0.15, 0.2) is 30.8 Å². The van der Waals surface area contributed by atoms with Crippen molar-refractivity contribution in [2.45, 2.75) is 19.8 Å². The van der Waals surface area contributed by atoms with Crippen molar-refractivity contribution in [3.63, 3.8) is 0 Å². The fraction of sp³-hybridized carbons (Fsp3) is 0.333. The van der Waals surface area contributed by atoms with Crippen LogP contribution in [0.25, 0.3) is 5.57 Å². The Kier molecular flexibility index (Phi) is 1.76. The average molecular weight is 158 g/mol. The first kappa shape index (κ1) is 7.60. The average Bonchev–Trinajstić information content (AvgIpc) is 2.86. The molecule has 0 aliphatic heterocycles. The molecule has 0 atom stereocenters. The van der Waals surface area contributed by atoms with Crippen LogP contribution in [-0.4, -0.2) is 0 Å². The summed E-state index contributed by atoms with van der Waals surface area (Å²) in [6, 6.07) is 8.51. The predicted octanol–water partition coefficient (Wildman–Crippen LogP) is 3.42. The third kappa shape index (κ3) is 1.29. The molecule has 1 aromatic carbocycles. The highest BCUT2D eigenvalue weighted by Crippen LogP contribution is 2.41. The van der Waals surface area contributed by atoms with Gasteiger partial charge in [0.15, 0.2) is 0 Å². The second-order valence-electron chi connectivity index (χ2n) is 3.61. The lowest BCUT2D eigenvalue weighted by Crippen LogP contribution is -1.88. The Hall–Kier alpha value is -1.04. The lowest BCUT2D eigenvalue weighted by atomic mass is 9.99. The summed E-state index contributed by atoms with van der Waals surface area (Å²) >= 11 is 0. The van der Waals surface area contributed by atoms with Gasteiger partial charge in [-0.25, -0.2) is 0 Å². The molecule has 12 heavy (non-hydrogen) atoms. The number of hydrogen-bond acceptors (Lipinski definition) is 0. The van der Waals surface area contributed by atoms with Gasteiger partial charge in [-0.2, -0.15) is 0 Å². The third-order valence-corrected chi connectivity index (χ3v) is 2.56. The van der Waals surface area contributed by atoms with Crippen molar-refractivity contribution in [1.29, 1.82) is 0 Å². The van der Waals surface area contributed by atoms with Crippen molar-refractivity contribution in [2.75, 3.05) is 0 Å². The second-order valence-corrected chi connectivity index (χ2v) is 3.61. The van der Waals surface area contributed by atoms with Crippen LogP contribution < -0.4 is 0 Å². The maximum Gasteiger partial charge on any atom is -0.0161 e. The lowest BCUT2D eigenvalue weighted by molar-refractivity contribution is 1.14. The van der Waals surface area contributed by atoms with Gasteiger partial charge in [0.25, 0.3) is 0 Å². The van der Waals surface area contributed by atoms with Crippen LogP contribution in [0.1, 0.15) is 24.0 Å². The van der Waals surface area contributed by atoms with Crippen molar-refractivity contribution in [3.8, 4) is 0 Å². The van der Waals surface area contributed by atoms with Gasteiger partial charge in [-0.3, -0.25) is 0 Å². The third-order valence-electron chi connectivity index (χ3n) is 2.56. The van der Waals surface area contributed by atoms with E-state index in [1.54, 1.807) is 0 Å². The maximum absolute atomic E-state index is 4.15. The van der Waals surface area contributed by atoms with Gasteiger partial charge in [0.05, 0.1) is 0 Å². The molecule has 1 aliphatic carbocycles. The summed E-state index contributed by atoms with van der Waals surface area (Å²) in [5.41, 5.74) is 4.06. The first-order chi connectivity index (χ1) is 5.79. The minimum atomic E-state index is 0.783. The van der Waals surface area contributed by atoms with Crippen molar-refractivity contribution in [1.82, 2.24) is 0 Å². The van der Waals surface area contributed by atoms with E-state index < -0.39 is 0 Å². The summed E-state index contributed by atoms with van der Waals surface area (Å²) in [4.78, 5) is 0. The Balaban J connectivity index is 2.32. The number of allylic oxidation sites excluding steroid dienone is 1. The van der Waals surface area contributed by atoms with E-state index in [4.69, 9.17) is 0 Å². The number of benzene rings is 1. The zero-order valence-electron chi connectivity index (χ0n) is 7.51. The molecule has 0 heteroatoms. The van der Waals surface area contributed by atoms with E-state index in [2.05, 4.69) is 37.8 Å². The van der Waals surface area contributed by atoms with Crippen LogP contribution in [0.3, 0.4) is 0 Å². The highest BCUT2D eigenvalue weighted by molar-refractivity contribution is 5.69. The van der Waals surface area contributed by atoms with E-state index >= 15 is 0 Å². The molecule has 0 spiro atoms. The highest BCUT2D eigenvalue weighted by atomic mass is 14.3. The Morgan fingerprint density at radius 2 is 2.00 bits per heavy atom. The fourth-order valence-electron chi connectivity index (χ4n) is 1.58. The lowest BCUT2D eigenvalue weighted by Gasteiger charge is -2.06. The van der Waals surface area contributed by atoms with E-state index in [9.17, 15) is 0 Å². The largest absolute Gasteiger partial charge is 0.0949 e. The quantitative estimate of drug-likeness (QED) is 0.618. The number of hydrogen-bond donors (Lipinski definition) is 0. The van der Waals surface area contributed by atoms with Gasteiger partial charge in [0, 0.05) is 0 Å². The first-order valence-corrected chi connectivity index (χ1v) is 4.54. The van der Waals surface area contributed by atoms with E-state index in [0.717, 1.165) is 5.92 Å². The number of rotatable bonds is 2. The molecule has 1 aromatic rings. The van der Waals surface area contributed by atoms with Crippen molar-refractivity contribution >= 4 is 5.57 Å². The Labute approximate surface area is 73.9 Å². The minimum absolute atomic E-state index is 0.783. The van der Waals surface area contributed by atoms with Crippen LogP contribution in [0.4, 0.5) is 0 Å². The fourth-order valence-corrected chi connectivity index (χ4v) is 1.58. The Bertz CT molecular complexity index is 306. The maximum atomic E-state index is 4.15. The first-order valence-electron chi connectivity index (χ1n) is 4.54. The van der Waals surface area contributed by atoms with Gasteiger partial charge >= 0.3 is 0 Å². The summed E-state index contributed by atoms with van der Waals surface area (Å²) in [5.74, 6) is 0.783. The summed E-state index contributed by atoms with van der Waals surface area (Å²) in [5, 5.41) is 0. The Morgan fingerprint density at radius 3 is 2.58 bits per heavy atom. The van der Waals surface area contributed by atoms with E-state index in [1.807, 2.05) is 0 Å². The predicted molar refractivity (Wildman–Crippen MR) is 52.9 cm³/mol. The van der Waals surface area contributed by atoms with Gasteiger partial charge in [-0.15, -0.1) is 0 Å². The zero-order chi connectivity index (χ0) is 8.55. The van der Waals surface area contributed by atoms with Crippen molar-refractivity contribution in [2.24, 2.45) is 5.92 Å². The molecule has 0 bridgehead atoms. The zero-order valence-corrected chi connectivity index (χ0v) is 7.51. The van der Waals surface area contributed by atoms with Crippen LogP contribution >= 0.6 is 0 Å². The van der Waals surface area contributed by atoms with E-state index in [-0.39, 0.29) is 0 Å². The molecule has 1 saturated carbocycles. The Morgan fingerprint density at radius 1 is 1.33 bits per heavy atom. The van der Waals surface area contributed by atoms with Crippen LogP contribution in [0.2, 0.25) is 0 Å². The second kappa shape index (κ2) is 2.78. The molecule has 0 aromatic heterocycles. The standard InChI is InChI=1S/C12H14/c1-9-5-3-4-6-12(9)10(2)11-7-8-11/h3-6,11H,2,7-8H2,1H3. The summed E-state index contributed by atoms with van der Waals surface area (Å²) in [6.07, 6.45) is 2.68. The molecule has 0 amide bonds. The van der Waals surface area contributed by atoms with Crippen LogP contribution in [-0.2, 0) is 0 Å². The summed E-state index contributed by atoms with van der Waals surface area (Å²) < 4.78 is 0. The number of aryl methyl sites for hydroxylation is 1. The van der Waals surface area contributed by atoms with E-state index in [0.29, 0.717) is 0 Å². The van der Waals surface area contributed by atoms with Crippen LogP contribution in [0, 0.1) is 12.8 Å². The van der Waals surface area contributed by atoms with E-state index in [1.165, 1.54) is 29.5 Å². The van der Waals surface area contributed by atoms with Gasteiger partial charge < -0.3 is 0 Å². The molecule has 0 saturated heterocycles. The molecule has 62 valence electrons. The van der Waals surface area contributed by atoms with Crippen LogP contribution in [0.5, 0.6) is 0 Å². The molecule has 2 rings (SSSR count). The molecule has 0 unspecified atom stereocenters. The topological polar surface area (TPSA) is 0 Å². The van der Waals surface area contributed by atoms with Gasteiger partial charge in [0.1, 0.15) is 0 Å². The molecule has 0 N–H and O–H groups in total. The summed E-state index contributed by atoms with van der Waals surface area (Å²) in [6.45, 7) is 6.30. The molecule has 0 heterocycles. The normalized spacial score (nSPS) is 16.1. The SMILES string of the molecule is C=C(c1ccccc1C)C1CC1. The van der Waals surface area contributed by atoms with Crippen molar-refractivity contribution < 1.29 is 0 Å². The smallest absolute Gasteiger partial charge is 0.0161 e.